The molecule has 0 bridgehead atoms. The molecule has 0 fully saturated rings. The number of aromatic nitrogens is 7. The van der Waals surface area contributed by atoms with Crippen LogP contribution in [0.4, 0.5) is 0 Å². The van der Waals surface area contributed by atoms with Gasteiger partial charge in [0.05, 0.1) is 1.37 Å². The quantitative estimate of drug-likeness (QED) is 0.723. The van der Waals surface area contributed by atoms with Crippen LogP contribution in [0.1, 0.15) is 12.6 Å². The zero-order chi connectivity index (χ0) is 15.7. The summed E-state index contributed by atoms with van der Waals surface area (Å²) in [4.78, 5) is 11.8. The van der Waals surface area contributed by atoms with Crippen LogP contribution in [0, 0.1) is 6.92 Å². The molecule has 3 rings (SSSR count). The summed E-state index contributed by atoms with van der Waals surface area (Å²) >= 11 is 0. The fraction of sp³-hybridized carbons (Fsp3) is 0.250. The third kappa shape index (κ3) is 2.40. The Morgan fingerprint density at radius 3 is 2.95 bits per heavy atom. The van der Waals surface area contributed by atoms with Gasteiger partial charge in [-0.1, -0.05) is 18.2 Å². The Labute approximate surface area is 120 Å². The van der Waals surface area contributed by atoms with Crippen LogP contribution in [0.15, 0.2) is 29.0 Å². The number of aryl methyl sites for hydroxylation is 2. The highest BCUT2D eigenvalue weighted by Crippen LogP contribution is 2.18. The Balaban J connectivity index is 1.84. The minimum absolute atomic E-state index is 0.104. The van der Waals surface area contributed by atoms with Crippen LogP contribution in [0.2, 0.25) is 0 Å². The number of para-hydroxylation sites is 1. The topological polar surface area (TPSA) is 104 Å². The third-order valence-corrected chi connectivity index (χ3v) is 2.91. The molecule has 0 unspecified atom stereocenters. The van der Waals surface area contributed by atoms with Crippen LogP contribution in [0.3, 0.4) is 0 Å². The highest BCUT2D eigenvalue weighted by molar-refractivity contribution is 5.32. The Kier molecular flexibility index (Phi) is 2.92. The van der Waals surface area contributed by atoms with Crippen molar-refractivity contribution >= 4 is 0 Å². The van der Waals surface area contributed by atoms with E-state index in [1.54, 1.807) is 18.2 Å². The van der Waals surface area contributed by atoms with Crippen molar-refractivity contribution in [3.8, 4) is 11.6 Å². The predicted molar refractivity (Wildman–Crippen MR) is 72.1 cm³/mol. The number of tetrazole rings is 1. The molecule has 21 heavy (non-hydrogen) atoms. The van der Waals surface area contributed by atoms with Crippen LogP contribution in [0.25, 0.3) is 5.82 Å². The van der Waals surface area contributed by atoms with E-state index in [2.05, 4.69) is 25.8 Å². The maximum absolute atomic E-state index is 11.8. The van der Waals surface area contributed by atoms with Crippen molar-refractivity contribution in [1.29, 1.82) is 0 Å². The number of benzene rings is 1. The molecule has 1 aromatic carbocycles. The van der Waals surface area contributed by atoms with Crippen molar-refractivity contribution in [2.75, 3.05) is 0 Å². The van der Waals surface area contributed by atoms with E-state index in [-0.39, 0.29) is 12.4 Å². The maximum Gasteiger partial charge on any atom is 0.369 e. The number of hydrogen-bond donors (Lipinski definition) is 1. The molecule has 2 heterocycles. The Hall–Kier alpha value is -2.97. The largest absolute Gasteiger partial charge is 0.487 e. The molecule has 3 aromatic rings. The molecule has 9 heteroatoms. The minimum atomic E-state index is -0.426. The fourth-order valence-corrected chi connectivity index (χ4v) is 1.77. The highest BCUT2D eigenvalue weighted by atomic mass is 16.5. The maximum atomic E-state index is 11.8. The summed E-state index contributed by atoms with van der Waals surface area (Å²) in [5.74, 6) is 0.879. The summed E-state index contributed by atoms with van der Waals surface area (Å²) < 4.78 is 15.3. The lowest BCUT2D eigenvalue weighted by atomic mass is 10.2. The lowest BCUT2D eigenvalue weighted by molar-refractivity contribution is 0.298. The summed E-state index contributed by atoms with van der Waals surface area (Å²) in [5, 5.41) is 17.7. The van der Waals surface area contributed by atoms with Gasteiger partial charge in [0.25, 0.3) is 0 Å². The lowest BCUT2D eigenvalue weighted by Gasteiger charge is -2.07. The molecule has 0 radical (unpaired) electrons. The molecule has 1 N–H and O–H groups in total. The monoisotopic (exact) mass is 289 g/mol. The van der Waals surface area contributed by atoms with Gasteiger partial charge in [-0.2, -0.15) is 15.0 Å². The van der Waals surface area contributed by atoms with Crippen molar-refractivity contribution in [3.05, 3.63) is 46.0 Å². The molecule has 0 saturated heterocycles. The van der Waals surface area contributed by atoms with Gasteiger partial charge in [0, 0.05) is 7.05 Å². The Morgan fingerprint density at radius 2 is 2.24 bits per heavy atom. The highest BCUT2D eigenvalue weighted by Gasteiger charge is 2.16. The van der Waals surface area contributed by atoms with E-state index in [0.29, 0.717) is 17.5 Å². The zero-order valence-corrected chi connectivity index (χ0v) is 11.4. The van der Waals surface area contributed by atoms with E-state index in [1.165, 1.54) is 7.05 Å². The second kappa shape index (κ2) is 5.19. The van der Waals surface area contributed by atoms with E-state index in [9.17, 15) is 4.79 Å². The molecule has 0 amide bonds. The second-order valence-corrected chi connectivity index (χ2v) is 4.37. The van der Waals surface area contributed by atoms with Crippen LogP contribution >= 0.6 is 0 Å². The molecule has 0 aliphatic heterocycles. The summed E-state index contributed by atoms with van der Waals surface area (Å²) in [6, 6.07) is 5.47. The third-order valence-electron chi connectivity index (χ3n) is 2.91. The minimum Gasteiger partial charge on any atom is -0.487 e. The van der Waals surface area contributed by atoms with E-state index in [1.807, 2.05) is 6.92 Å². The summed E-state index contributed by atoms with van der Waals surface area (Å²) in [7, 11) is 1.49. The molecule has 0 atom stereocenters. The predicted octanol–water partition coefficient (Wildman–Crippen LogP) is -0.0285. The van der Waals surface area contributed by atoms with Gasteiger partial charge >= 0.3 is 5.69 Å². The summed E-state index contributed by atoms with van der Waals surface area (Å²) in [6.45, 7) is 1.96. The first-order chi connectivity index (χ1) is 10.6. The molecule has 0 spiro atoms. The molecule has 0 saturated carbocycles. The first kappa shape index (κ1) is 11.8. The van der Waals surface area contributed by atoms with Crippen LogP contribution in [0.5, 0.6) is 5.75 Å². The standard InChI is InChI=1S/C12H13N7O2/c1-8-5-3-4-6-10(8)21-7-9-11(14-15-13-9)19-12(20)18(2)16-17-19/h3-6H,7H2,1-2H3,(H,13,14,15)/i3T. The average Bonchev–Trinajstić information content (AvgIpc) is 3.06. The van der Waals surface area contributed by atoms with Gasteiger partial charge in [-0.25, -0.2) is 4.79 Å². The van der Waals surface area contributed by atoms with E-state index in [4.69, 9.17) is 6.11 Å². The van der Waals surface area contributed by atoms with Crippen molar-refractivity contribution in [2.24, 2.45) is 7.05 Å². The van der Waals surface area contributed by atoms with Crippen molar-refractivity contribution in [2.45, 2.75) is 13.5 Å². The van der Waals surface area contributed by atoms with Gasteiger partial charge < -0.3 is 4.74 Å². The number of rotatable bonds is 4. The number of nitrogens with zero attached hydrogens (tertiary/aromatic N) is 6. The molecular formula is C12H13N7O2. The molecule has 0 aliphatic rings. The first-order valence-corrected chi connectivity index (χ1v) is 6.15. The molecule has 0 aliphatic carbocycles. The molecule has 108 valence electrons. The van der Waals surface area contributed by atoms with E-state index < -0.39 is 5.69 Å². The number of aromatic amines is 1. The SMILES string of the molecule is [3H]c1ccc(OCc2n[nH]nc2-n2nnn(C)c2=O)c(C)c1. The van der Waals surface area contributed by atoms with Gasteiger partial charge in [-0.3, -0.25) is 0 Å². The summed E-state index contributed by atoms with van der Waals surface area (Å²) in [6.07, 6.45) is 0. The first-order valence-electron chi connectivity index (χ1n) is 6.65. The van der Waals surface area contributed by atoms with Gasteiger partial charge in [0.2, 0.25) is 5.82 Å². The smallest absolute Gasteiger partial charge is 0.369 e. The zero-order valence-electron chi connectivity index (χ0n) is 12.4. The second-order valence-electron chi connectivity index (χ2n) is 4.37. The number of H-pyrrole nitrogens is 1. The number of nitrogens with one attached hydrogen (secondary N) is 1. The normalized spacial score (nSPS) is 11.4. The van der Waals surface area contributed by atoms with Gasteiger partial charge in [0.15, 0.2) is 0 Å². The van der Waals surface area contributed by atoms with Crippen LogP contribution < -0.4 is 10.4 Å². The summed E-state index contributed by atoms with van der Waals surface area (Å²) in [5.41, 5.74) is 0.844. The van der Waals surface area contributed by atoms with Crippen molar-refractivity contribution < 1.29 is 6.11 Å². The van der Waals surface area contributed by atoms with Crippen LogP contribution in [-0.2, 0) is 13.7 Å². The van der Waals surface area contributed by atoms with Gasteiger partial charge in [0.1, 0.15) is 18.1 Å². The van der Waals surface area contributed by atoms with Crippen LogP contribution in [-0.4, -0.2) is 35.2 Å². The van der Waals surface area contributed by atoms with Crippen molar-refractivity contribution in [1.82, 2.24) is 35.2 Å². The molecule has 9 nitrogen and oxygen atoms in total. The molecule has 2 aromatic heterocycles. The fourth-order valence-electron chi connectivity index (χ4n) is 1.77. The van der Waals surface area contributed by atoms with E-state index in [0.717, 1.165) is 14.9 Å². The van der Waals surface area contributed by atoms with Crippen molar-refractivity contribution in [3.63, 3.8) is 0 Å². The van der Waals surface area contributed by atoms with Gasteiger partial charge in [-0.15, -0.1) is 9.78 Å². The molecular weight excluding hydrogens is 274 g/mol. The Morgan fingerprint density at radius 1 is 1.38 bits per heavy atom. The lowest BCUT2D eigenvalue weighted by Crippen LogP contribution is -2.23. The Bertz CT molecular complexity index is 866. The van der Waals surface area contributed by atoms with E-state index >= 15 is 0 Å². The number of hydrogen-bond acceptors (Lipinski definition) is 6. The number of ether oxygens (including phenoxy) is 1. The average molecular weight is 289 g/mol. The van der Waals surface area contributed by atoms with Gasteiger partial charge in [-0.05, 0) is 29.0 Å².